The van der Waals surface area contributed by atoms with Gasteiger partial charge in [0.05, 0.1) is 26.7 Å². The number of nitrogens with one attached hydrogen (secondary N) is 1. The van der Waals surface area contributed by atoms with E-state index in [-0.39, 0.29) is 18.2 Å². The van der Waals surface area contributed by atoms with E-state index in [1.165, 1.54) is 0 Å². The van der Waals surface area contributed by atoms with Crippen LogP contribution in [-0.2, 0) is 11.3 Å². The minimum absolute atomic E-state index is 0.0550. The standard InChI is InChI=1S/C26H34N4O4/c1-28-12-14-29(15-13-28)11-10-27-25(31)17-22(19-8-9-23(33-2)24(16-19)34-3)30-18-20-6-4-5-7-21(20)26(30)32/h4-9,16,22H,10-15,17-18H2,1-3H3,(H,27,31)/t22-/m0/s1. The molecule has 1 N–H and O–H groups in total. The van der Waals surface area contributed by atoms with E-state index >= 15 is 0 Å². The largest absolute Gasteiger partial charge is 0.493 e. The van der Waals surface area contributed by atoms with E-state index in [9.17, 15) is 9.59 Å². The minimum atomic E-state index is -0.414. The predicted molar refractivity (Wildman–Crippen MR) is 130 cm³/mol. The van der Waals surface area contributed by atoms with Crippen LogP contribution in [0.25, 0.3) is 0 Å². The van der Waals surface area contributed by atoms with Gasteiger partial charge in [-0.05, 0) is 36.4 Å². The van der Waals surface area contributed by atoms with Crippen LogP contribution < -0.4 is 14.8 Å². The van der Waals surface area contributed by atoms with E-state index in [0.717, 1.165) is 43.9 Å². The first-order chi connectivity index (χ1) is 16.5. The van der Waals surface area contributed by atoms with Gasteiger partial charge in [-0.25, -0.2) is 0 Å². The molecule has 0 saturated carbocycles. The van der Waals surface area contributed by atoms with Gasteiger partial charge in [0, 0.05) is 51.4 Å². The molecule has 0 aliphatic carbocycles. The number of hydrogen-bond donors (Lipinski definition) is 1. The molecule has 0 unspecified atom stereocenters. The fourth-order valence-electron chi connectivity index (χ4n) is 4.67. The van der Waals surface area contributed by atoms with Crippen LogP contribution in [0.2, 0.25) is 0 Å². The highest BCUT2D eigenvalue weighted by atomic mass is 16.5. The lowest BCUT2D eigenvalue weighted by Gasteiger charge is -2.32. The quantitative estimate of drug-likeness (QED) is 0.611. The van der Waals surface area contributed by atoms with Gasteiger partial charge in [0.1, 0.15) is 0 Å². The Bertz CT molecular complexity index is 1020. The fourth-order valence-corrected chi connectivity index (χ4v) is 4.67. The summed E-state index contributed by atoms with van der Waals surface area (Å²) in [4.78, 5) is 32.7. The molecule has 8 heteroatoms. The zero-order chi connectivity index (χ0) is 24.1. The molecular weight excluding hydrogens is 432 g/mol. The Morgan fingerprint density at radius 1 is 1.03 bits per heavy atom. The molecule has 2 heterocycles. The number of methoxy groups -OCH3 is 2. The Balaban J connectivity index is 1.48. The van der Waals surface area contributed by atoms with Crippen molar-refractivity contribution in [2.75, 3.05) is 60.5 Å². The van der Waals surface area contributed by atoms with E-state index in [2.05, 4.69) is 22.2 Å². The molecule has 2 aromatic rings. The molecule has 4 rings (SSSR count). The molecule has 0 radical (unpaired) electrons. The number of fused-ring (bicyclic) bond motifs is 1. The Kier molecular flexibility index (Phi) is 7.70. The molecule has 2 aromatic carbocycles. The van der Waals surface area contributed by atoms with Gasteiger partial charge < -0.3 is 24.6 Å². The number of carbonyl (C=O) groups is 2. The van der Waals surface area contributed by atoms with Crippen molar-refractivity contribution in [3.63, 3.8) is 0 Å². The molecule has 34 heavy (non-hydrogen) atoms. The fraction of sp³-hybridized carbons (Fsp3) is 0.462. The first-order valence-corrected chi connectivity index (χ1v) is 11.8. The van der Waals surface area contributed by atoms with E-state index in [1.54, 1.807) is 19.1 Å². The highest BCUT2D eigenvalue weighted by Crippen LogP contribution is 2.37. The highest BCUT2D eigenvalue weighted by Gasteiger charge is 2.34. The molecule has 1 atom stereocenters. The molecule has 1 saturated heterocycles. The first-order valence-electron chi connectivity index (χ1n) is 11.8. The summed E-state index contributed by atoms with van der Waals surface area (Å²) in [6, 6.07) is 12.8. The van der Waals surface area contributed by atoms with Crippen LogP contribution in [0.15, 0.2) is 42.5 Å². The van der Waals surface area contributed by atoms with E-state index in [1.807, 2.05) is 42.5 Å². The van der Waals surface area contributed by atoms with Crippen LogP contribution in [0.3, 0.4) is 0 Å². The van der Waals surface area contributed by atoms with Crippen molar-refractivity contribution >= 4 is 11.8 Å². The molecule has 2 aliphatic rings. The summed E-state index contributed by atoms with van der Waals surface area (Å²) in [7, 11) is 5.30. The summed E-state index contributed by atoms with van der Waals surface area (Å²) in [6.07, 6.45) is 0.179. The van der Waals surface area contributed by atoms with Crippen LogP contribution in [0.4, 0.5) is 0 Å². The van der Waals surface area contributed by atoms with Crippen LogP contribution in [0, 0.1) is 0 Å². The molecule has 1 fully saturated rings. The van der Waals surface area contributed by atoms with Gasteiger partial charge in [0.2, 0.25) is 5.91 Å². The average Bonchev–Trinajstić information content (AvgIpc) is 3.19. The predicted octanol–water partition coefficient (Wildman–Crippen LogP) is 2.15. The summed E-state index contributed by atoms with van der Waals surface area (Å²) in [6.45, 7) is 6.02. The van der Waals surface area contributed by atoms with Crippen LogP contribution in [-0.4, -0.2) is 87.0 Å². The van der Waals surface area contributed by atoms with Gasteiger partial charge in [-0.1, -0.05) is 24.3 Å². The molecule has 8 nitrogen and oxygen atoms in total. The minimum Gasteiger partial charge on any atom is -0.493 e. The third-order valence-corrected chi connectivity index (χ3v) is 6.74. The Morgan fingerprint density at radius 3 is 2.47 bits per heavy atom. The third kappa shape index (κ3) is 5.34. The zero-order valence-corrected chi connectivity index (χ0v) is 20.3. The van der Waals surface area contributed by atoms with Crippen LogP contribution in [0.1, 0.15) is 33.9 Å². The maximum absolute atomic E-state index is 13.2. The monoisotopic (exact) mass is 466 g/mol. The third-order valence-electron chi connectivity index (χ3n) is 6.74. The lowest BCUT2D eigenvalue weighted by Crippen LogP contribution is -2.47. The lowest BCUT2D eigenvalue weighted by molar-refractivity contribution is -0.122. The second-order valence-electron chi connectivity index (χ2n) is 8.92. The van der Waals surface area contributed by atoms with E-state index in [4.69, 9.17) is 9.47 Å². The first kappa shape index (κ1) is 24.0. The van der Waals surface area contributed by atoms with Crippen molar-refractivity contribution in [3.05, 3.63) is 59.2 Å². The maximum atomic E-state index is 13.2. The molecule has 0 bridgehead atoms. The van der Waals surface area contributed by atoms with Gasteiger partial charge >= 0.3 is 0 Å². The second-order valence-corrected chi connectivity index (χ2v) is 8.92. The Hall–Kier alpha value is -3.10. The molecule has 2 amide bonds. The van der Waals surface area contributed by atoms with Crippen molar-refractivity contribution in [3.8, 4) is 11.5 Å². The van der Waals surface area contributed by atoms with Crippen molar-refractivity contribution in [1.29, 1.82) is 0 Å². The Morgan fingerprint density at radius 2 is 1.76 bits per heavy atom. The number of rotatable bonds is 9. The number of piperazine rings is 1. The average molecular weight is 467 g/mol. The van der Waals surface area contributed by atoms with E-state index in [0.29, 0.717) is 30.2 Å². The number of likely N-dealkylation sites (N-methyl/N-ethyl adjacent to an activating group) is 1. The van der Waals surface area contributed by atoms with Gasteiger partial charge in [0.25, 0.3) is 5.91 Å². The van der Waals surface area contributed by atoms with E-state index < -0.39 is 6.04 Å². The Labute approximate surface area is 201 Å². The van der Waals surface area contributed by atoms with Gasteiger partial charge in [-0.2, -0.15) is 0 Å². The molecule has 182 valence electrons. The normalized spacial score (nSPS) is 17.4. The van der Waals surface area contributed by atoms with Crippen LogP contribution in [0.5, 0.6) is 11.5 Å². The van der Waals surface area contributed by atoms with Crippen molar-refractivity contribution in [2.24, 2.45) is 0 Å². The molecule has 2 aliphatic heterocycles. The maximum Gasteiger partial charge on any atom is 0.255 e. The summed E-state index contributed by atoms with van der Waals surface area (Å²) >= 11 is 0. The number of ether oxygens (including phenoxy) is 2. The zero-order valence-electron chi connectivity index (χ0n) is 20.3. The van der Waals surface area contributed by atoms with Gasteiger partial charge in [0.15, 0.2) is 11.5 Å². The highest BCUT2D eigenvalue weighted by molar-refractivity contribution is 5.98. The summed E-state index contributed by atoms with van der Waals surface area (Å²) in [5, 5.41) is 3.06. The summed E-state index contributed by atoms with van der Waals surface area (Å²) in [5.74, 6) is 1.06. The number of hydrogen-bond acceptors (Lipinski definition) is 6. The summed E-state index contributed by atoms with van der Waals surface area (Å²) < 4.78 is 10.9. The molecule has 0 spiro atoms. The number of nitrogens with zero attached hydrogens (tertiary/aromatic N) is 3. The number of carbonyl (C=O) groups excluding carboxylic acids is 2. The van der Waals surface area contributed by atoms with Crippen LogP contribution >= 0.6 is 0 Å². The lowest BCUT2D eigenvalue weighted by atomic mass is 10.0. The molecule has 0 aromatic heterocycles. The van der Waals surface area contributed by atoms with Gasteiger partial charge in [-0.15, -0.1) is 0 Å². The molecular formula is C26H34N4O4. The second kappa shape index (κ2) is 10.9. The van der Waals surface area contributed by atoms with Crippen molar-refractivity contribution in [2.45, 2.75) is 19.0 Å². The number of amides is 2. The van der Waals surface area contributed by atoms with Crippen molar-refractivity contribution < 1.29 is 19.1 Å². The number of benzene rings is 2. The summed E-state index contributed by atoms with van der Waals surface area (Å²) in [5.41, 5.74) is 2.52. The van der Waals surface area contributed by atoms with Gasteiger partial charge in [-0.3, -0.25) is 14.5 Å². The topological polar surface area (TPSA) is 74.4 Å². The smallest absolute Gasteiger partial charge is 0.255 e. The van der Waals surface area contributed by atoms with Crippen molar-refractivity contribution in [1.82, 2.24) is 20.0 Å². The SMILES string of the molecule is COc1ccc([C@H](CC(=O)NCCN2CCN(C)CC2)N2Cc3ccccc3C2=O)cc1OC.